The molecule has 5 rings (SSSR count). The lowest BCUT2D eigenvalue weighted by Crippen LogP contribution is -2.41. The van der Waals surface area contributed by atoms with E-state index >= 15 is 0 Å². The Hall–Kier alpha value is -2.85. The zero-order chi connectivity index (χ0) is 22.9. The monoisotopic (exact) mass is 484 g/mol. The van der Waals surface area contributed by atoms with Crippen LogP contribution < -0.4 is 20.9 Å². The van der Waals surface area contributed by atoms with Gasteiger partial charge in [0.15, 0.2) is 5.16 Å². The number of fused-ring (bicyclic) bond motifs is 3. The van der Waals surface area contributed by atoms with Gasteiger partial charge in [-0.2, -0.15) is 0 Å². The lowest BCUT2D eigenvalue weighted by atomic mass is 10.2. The molecule has 2 heterocycles. The number of ether oxygens (including phenoxy) is 1. The van der Waals surface area contributed by atoms with Crippen LogP contribution in [0.4, 0.5) is 4.79 Å². The lowest BCUT2D eigenvalue weighted by Gasteiger charge is -2.13. The number of imide groups is 1. The van der Waals surface area contributed by atoms with E-state index in [1.807, 2.05) is 31.2 Å². The maximum absolute atomic E-state index is 13.7. The second-order valence-corrected chi connectivity index (χ2v) is 10.1. The minimum atomic E-state index is -0.481. The smallest absolute Gasteiger partial charge is 0.321 e. The van der Waals surface area contributed by atoms with Gasteiger partial charge in [-0.3, -0.25) is 19.5 Å². The molecule has 0 unspecified atom stereocenters. The number of thioether (sulfide) groups is 1. The highest BCUT2D eigenvalue weighted by Crippen LogP contribution is 2.36. The van der Waals surface area contributed by atoms with Gasteiger partial charge in [0.1, 0.15) is 10.6 Å². The summed E-state index contributed by atoms with van der Waals surface area (Å²) in [6.07, 6.45) is 4.80. The Balaban J connectivity index is 1.47. The fourth-order valence-electron chi connectivity index (χ4n) is 3.95. The molecule has 0 atom stereocenters. The van der Waals surface area contributed by atoms with Crippen molar-refractivity contribution in [2.75, 3.05) is 12.4 Å². The minimum Gasteiger partial charge on any atom is -0.494 e. The SMILES string of the molecule is CCOc1ccc(-n2c(SCC(=O)NC(=O)NC3CC3)nc3sc4c(c3c2=O)CCC4)cc1. The van der Waals surface area contributed by atoms with E-state index in [4.69, 9.17) is 9.72 Å². The molecule has 0 radical (unpaired) electrons. The van der Waals surface area contributed by atoms with Crippen molar-refractivity contribution in [3.63, 3.8) is 0 Å². The number of carbonyl (C=O) groups excluding carboxylic acids is 2. The molecule has 3 amide bonds. The van der Waals surface area contributed by atoms with Crippen LogP contribution in [0.5, 0.6) is 5.75 Å². The summed E-state index contributed by atoms with van der Waals surface area (Å²) in [5, 5.41) is 6.18. The number of nitrogens with zero attached hydrogens (tertiary/aromatic N) is 2. The van der Waals surface area contributed by atoms with Gasteiger partial charge in [0.25, 0.3) is 5.56 Å². The Bertz CT molecular complexity index is 1280. The zero-order valence-electron chi connectivity index (χ0n) is 18.2. The van der Waals surface area contributed by atoms with Crippen LogP contribution >= 0.6 is 23.1 Å². The highest BCUT2D eigenvalue weighted by molar-refractivity contribution is 7.99. The Morgan fingerprint density at radius 3 is 2.76 bits per heavy atom. The first-order chi connectivity index (χ1) is 16.0. The fraction of sp³-hybridized carbons (Fsp3) is 0.391. The van der Waals surface area contributed by atoms with Crippen molar-refractivity contribution in [3.05, 3.63) is 45.1 Å². The highest BCUT2D eigenvalue weighted by Gasteiger charge is 2.26. The van der Waals surface area contributed by atoms with Crippen LogP contribution in [0.2, 0.25) is 0 Å². The van der Waals surface area contributed by atoms with Gasteiger partial charge in [-0.05, 0) is 68.9 Å². The minimum absolute atomic E-state index is 0.0296. The molecule has 1 fully saturated rings. The van der Waals surface area contributed by atoms with Gasteiger partial charge in [-0.15, -0.1) is 11.3 Å². The number of aromatic nitrogens is 2. The van der Waals surface area contributed by atoms with E-state index in [9.17, 15) is 14.4 Å². The van der Waals surface area contributed by atoms with Crippen LogP contribution in [0.15, 0.2) is 34.2 Å². The van der Waals surface area contributed by atoms with Gasteiger partial charge in [-0.25, -0.2) is 9.78 Å². The maximum Gasteiger partial charge on any atom is 0.321 e. The number of urea groups is 1. The highest BCUT2D eigenvalue weighted by atomic mass is 32.2. The topological polar surface area (TPSA) is 102 Å². The fourth-order valence-corrected chi connectivity index (χ4v) is 6.06. The van der Waals surface area contributed by atoms with E-state index in [1.54, 1.807) is 15.9 Å². The van der Waals surface area contributed by atoms with E-state index < -0.39 is 11.9 Å². The van der Waals surface area contributed by atoms with Gasteiger partial charge >= 0.3 is 6.03 Å². The van der Waals surface area contributed by atoms with Crippen molar-refractivity contribution in [2.24, 2.45) is 0 Å². The van der Waals surface area contributed by atoms with Crippen LogP contribution in [-0.2, 0) is 17.6 Å². The summed E-state index contributed by atoms with van der Waals surface area (Å²) in [4.78, 5) is 44.6. The molecule has 33 heavy (non-hydrogen) atoms. The summed E-state index contributed by atoms with van der Waals surface area (Å²) >= 11 is 2.71. The van der Waals surface area contributed by atoms with Gasteiger partial charge in [-0.1, -0.05) is 11.8 Å². The maximum atomic E-state index is 13.7. The van der Waals surface area contributed by atoms with Crippen molar-refractivity contribution < 1.29 is 14.3 Å². The first-order valence-corrected chi connectivity index (χ1v) is 12.9. The van der Waals surface area contributed by atoms with Gasteiger partial charge in [0.2, 0.25) is 5.91 Å². The summed E-state index contributed by atoms with van der Waals surface area (Å²) < 4.78 is 7.09. The molecule has 2 N–H and O–H groups in total. The van der Waals surface area contributed by atoms with Crippen LogP contribution in [0.25, 0.3) is 15.9 Å². The average Bonchev–Trinajstić information content (AvgIpc) is 3.35. The number of nitrogens with one attached hydrogen (secondary N) is 2. The van der Waals surface area contributed by atoms with E-state index in [0.29, 0.717) is 27.7 Å². The summed E-state index contributed by atoms with van der Waals surface area (Å²) in [6, 6.07) is 6.96. The zero-order valence-corrected chi connectivity index (χ0v) is 19.8. The number of benzene rings is 1. The third kappa shape index (κ3) is 4.63. The first-order valence-electron chi connectivity index (χ1n) is 11.1. The molecule has 2 aliphatic rings. The number of thiophene rings is 1. The Morgan fingerprint density at radius 1 is 1.24 bits per heavy atom. The van der Waals surface area contributed by atoms with Crippen molar-refractivity contribution in [1.29, 1.82) is 0 Å². The molecule has 1 saturated carbocycles. The molecule has 10 heteroatoms. The summed E-state index contributed by atoms with van der Waals surface area (Å²) in [6.45, 7) is 2.47. The first kappa shape index (κ1) is 22.0. The molecule has 2 aliphatic carbocycles. The summed E-state index contributed by atoms with van der Waals surface area (Å²) in [5.74, 6) is 0.257. The van der Waals surface area contributed by atoms with Crippen LogP contribution in [0.3, 0.4) is 0 Å². The third-order valence-electron chi connectivity index (χ3n) is 5.61. The molecular formula is C23H24N4O4S2. The number of amides is 3. The van der Waals surface area contributed by atoms with Gasteiger partial charge in [0.05, 0.1) is 23.4 Å². The largest absolute Gasteiger partial charge is 0.494 e. The quantitative estimate of drug-likeness (QED) is 0.394. The van der Waals surface area contributed by atoms with E-state index in [2.05, 4.69) is 10.6 Å². The molecule has 2 aromatic heterocycles. The molecule has 8 nitrogen and oxygen atoms in total. The van der Waals surface area contributed by atoms with Crippen molar-refractivity contribution in [3.8, 4) is 11.4 Å². The number of hydrogen-bond donors (Lipinski definition) is 2. The Morgan fingerprint density at radius 2 is 2.03 bits per heavy atom. The Labute approximate surface area is 198 Å². The van der Waals surface area contributed by atoms with Crippen LogP contribution in [0, 0.1) is 0 Å². The van der Waals surface area contributed by atoms with Crippen LogP contribution in [-0.4, -0.2) is 39.9 Å². The number of aryl methyl sites for hydroxylation is 2. The van der Waals surface area contributed by atoms with Gasteiger partial charge < -0.3 is 10.1 Å². The molecule has 0 saturated heterocycles. The summed E-state index contributed by atoms with van der Waals surface area (Å²) in [5.41, 5.74) is 1.64. The predicted octanol–water partition coefficient (Wildman–Crippen LogP) is 3.41. The van der Waals surface area contributed by atoms with Crippen molar-refractivity contribution in [2.45, 2.75) is 50.2 Å². The normalized spacial score (nSPS) is 14.8. The molecule has 0 aliphatic heterocycles. The Kier molecular flexibility index (Phi) is 6.11. The molecular weight excluding hydrogens is 460 g/mol. The predicted molar refractivity (Wildman–Crippen MR) is 129 cm³/mol. The van der Waals surface area contributed by atoms with E-state index in [0.717, 1.165) is 55.2 Å². The lowest BCUT2D eigenvalue weighted by molar-refractivity contribution is -0.117. The van der Waals surface area contributed by atoms with Crippen molar-refractivity contribution in [1.82, 2.24) is 20.2 Å². The van der Waals surface area contributed by atoms with Gasteiger partial charge in [0, 0.05) is 10.9 Å². The van der Waals surface area contributed by atoms with Crippen molar-refractivity contribution >= 4 is 45.3 Å². The molecule has 0 bridgehead atoms. The molecule has 172 valence electrons. The summed E-state index contributed by atoms with van der Waals surface area (Å²) in [7, 11) is 0. The van der Waals surface area contributed by atoms with Crippen LogP contribution in [0.1, 0.15) is 36.6 Å². The number of carbonyl (C=O) groups is 2. The van der Waals surface area contributed by atoms with E-state index in [1.165, 1.54) is 4.88 Å². The van der Waals surface area contributed by atoms with E-state index in [-0.39, 0.29) is 17.4 Å². The number of rotatable bonds is 7. The molecule has 3 aromatic rings. The standard InChI is InChI=1S/C23H24N4O4S2/c1-2-31-15-10-8-14(9-11-15)27-21(29)19-16-4-3-5-17(16)33-20(19)26-23(27)32-12-18(28)25-22(30)24-13-6-7-13/h8-11,13H,2-7,12H2,1H3,(H2,24,25,28,30). The molecule has 0 spiro atoms. The average molecular weight is 485 g/mol. The molecule has 1 aromatic carbocycles. The number of hydrogen-bond acceptors (Lipinski definition) is 7. The second kappa shape index (κ2) is 9.18. The second-order valence-electron chi connectivity index (χ2n) is 8.08. The third-order valence-corrected chi connectivity index (χ3v) is 7.74.